The lowest BCUT2D eigenvalue weighted by atomic mass is 9.89. The van der Waals surface area contributed by atoms with Gasteiger partial charge in [0, 0.05) is 32.0 Å². The minimum atomic E-state index is 0.676. The van der Waals surface area contributed by atoms with Crippen molar-refractivity contribution >= 4 is 11.0 Å². The van der Waals surface area contributed by atoms with Gasteiger partial charge in [-0.05, 0) is 30.5 Å². The highest BCUT2D eigenvalue weighted by Crippen LogP contribution is 2.34. The van der Waals surface area contributed by atoms with Crippen LogP contribution in [0.5, 0.6) is 0 Å². The minimum absolute atomic E-state index is 0.676. The molecule has 2 aliphatic rings. The molecule has 1 N–H and O–H groups in total. The Morgan fingerprint density at radius 1 is 1.10 bits per heavy atom. The van der Waals surface area contributed by atoms with Crippen LogP contribution in [0.4, 0.5) is 0 Å². The average Bonchev–Trinajstić information content (AvgIpc) is 2.75. The molecule has 0 radical (unpaired) electrons. The lowest BCUT2D eigenvalue weighted by molar-refractivity contribution is 0.422. The Morgan fingerprint density at radius 2 is 1.90 bits per heavy atom. The molecule has 0 atom stereocenters. The molecule has 1 aliphatic heterocycles. The van der Waals surface area contributed by atoms with E-state index in [1.54, 1.807) is 0 Å². The number of nitrogens with zero attached hydrogens (tertiary/aromatic N) is 2. The van der Waals surface area contributed by atoms with Crippen LogP contribution in [0.3, 0.4) is 0 Å². The van der Waals surface area contributed by atoms with E-state index in [0.29, 0.717) is 11.8 Å². The molecule has 1 aromatic carbocycles. The number of imidazole rings is 1. The fourth-order valence-corrected chi connectivity index (χ4v) is 3.73. The van der Waals surface area contributed by atoms with Gasteiger partial charge in [-0.15, -0.1) is 0 Å². The van der Waals surface area contributed by atoms with Gasteiger partial charge in [0.2, 0.25) is 0 Å². The Morgan fingerprint density at radius 3 is 2.60 bits per heavy atom. The van der Waals surface area contributed by atoms with Crippen molar-refractivity contribution in [3.63, 3.8) is 0 Å². The number of aryl methyl sites for hydroxylation is 1. The largest absolute Gasteiger partial charge is 0.331 e. The molecule has 4 rings (SSSR count). The van der Waals surface area contributed by atoms with E-state index in [-0.39, 0.29) is 0 Å². The van der Waals surface area contributed by atoms with E-state index in [4.69, 9.17) is 4.98 Å². The molecular weight excluding hydrogens is 246 g/mol. The van der Waals surface area contributed by atoms with Gasteiger partial charge in [0.25, 0.3) is 0 Å². The molecule has 0 amide bonds. The van der Waals surface area contributed by atoms with Crippen molar-refractivity contribution in [2.24, 2.45) is 7.05 Å². The van der Waals surface area contributed by atoms with Gasteiger partial charge in [-0.2, -0.15) is 0 Å². The quantitative estimate of drug-likeness (QED) is 0.906. The van der Waals surface area contributed by atoms with Gasteiger partial charge < -0.3 is 9.88 Å². The molecule has 1 aromatic heterocycles. The number of fused-ring (bicyclic) bond motifs is 1. The fourth-order valence-electron chi connectivity index (χ4n) is 3.73. The normalized spacial score (nSPS) is 21.2. The van der Waals surface area contributed by atoms with Crippen molar-refractivity contribution in [2.45, 2.75) is 43.9 Å². The van der Waals surface area contributed by atoms with E-state index in [2.05, 4.69) is 35.1 Å². The van der Waals surface area contributed by atoms with Gasteiger partial charge in [0.15, 0.2) is 0 Å². The minimum Gasteiger partial charge on any atom is -0.331 e. The van der Waals surface area contributed by atoms with Gasteiger partial charge in [-0.3, -0.25) is 0 Å². The second-order valence-corrected chi connectivity index (χ2v) is 6.47. The summed E-state index contributed by atoms with van der Waals surface area (Å²) in [4.78, 5) is 4.93. The summed E-state index contributed by atoms with van der Waals surface area (Å²) >= 11 is 0. The first-order valence-electron chi connectivity index (χ1n) is 8.00. The maximum absolute atomic E-state index is 4.93. The summed E-state index contributed by atoms with van der Waals surface area (Å²) in [6, 6.07) is 6.85. The van der Waals surface area contributed by atoms with Crippen LogP contribution < -0.4 is 5.32 Å². The van der Waals surface area contributed by atoms with Gasteiger partial charge in [-0.1, -0.05) is 25.3 Å². The Hall–Kier alpha value is -1.35. The van der Waals surface area contributed by atoms with Crippen molar-refractivity contribution in [3.05, 3.63) is 29.6 Å². The number of rotatable bonds is 2. The topological polar surface area (TPSA) is 29.9 Å². The van der Waals surface area contributed by atoms with E-state index >= 15 is 0 Å². The summed E-state index contributed by atoms with van der Waals surface area (Å²) in [6.45, 7) is 2.25. The molecule has 1 aliphatic carbocycles. The molecule has 0 spiro atoms. The molecule has 3 heteroatoms. The third-order valence-corrected chi connectivity index (χ3v) is 5.16. The number of hydrogen-bond acceptors (Lipinski definition) is 2. The number of benzene rings is 1. The molecule has 2 aromatic rings. The first kappa shape index (κ1) is 12.4. The lowest BCUT2D eigenvalue weighted by Crippen LogP contribution is -2.39. The number of hydrogen-bond donors (Lipinski definition) is 1. The summed E-state index contributed by atoms with van der Waals surface area (Å²) < 4.78 is 2.35. The van der Waals surface area contributed by atoms with Crippen molar-refractivity contribution in [1.29, 1.82) is 0 Å². The monoisotopic (exact) mass is 269 g/mol. The lowest BCUT2D eigenvalue weighted by Gasteiger charge is -2.27. The van der Waals surface area contributed by atoms with Crippen LogP contribution in [0.1, 0.15) is 55.3 Å². The van der Waals surface area contributed by atoms with Gasteiger partial charge in [0.1, 0.15) is 5.82 Å². The van der Waals surface area contributed by atoms with Crippen LogP contribution in [0.2, 0.25) is 0 Å². The predicted molar refractivity (Wildman–Crippen MR) is 82.2 cm³/mol. The van der Waals surface area contributed by atoms with Crippen LogP contribution in [0.25, 0.3) is 11.0 Å². The Labute approximate surface area is 120 Å². The highest BCUT2D eigenvalue weighted by Gasteiger charge is 2.23. The van der Waals surface area contributed by atoms with Crippen molar-refractivity contribution in [2.75, 3.05) is 13.1 Å². The molecule has 3 nitrogen and oxygen atoms in total. The SMILES string of the molecule is Cn1c(C2CCCCC2)nc2ccc(C3CNC3)cc21. The van der Waals surface area contributed by atoms with Gasteiger partial charge >= 0.3 is 0 Å². The van der Waals surface area contributed by atoms with Crippen molar-refractivity contribution < 1.29 is 0 Å². The molecule has 1 saturated carbocycles. The summed E-state index contributed by atoms with van der Waals surface area (Å²) in [5, 5.41) is 3.36. The van der Waals surface area contributed by atoms with Crippen molar-refractivity contribution in [3.8, 4) is 0 Å². The van der Waals surface area contributed by atoms with Gasteiger partial charge in [-0.25, -0.2) is 4.98 Å². The summed E-state index contributed by atoms with van der Waals surface area (Å²) in [7, 11) is 2.20. The predicted octanol–water partition coefficient (Wildman–Crippen LogP) is 3.31. The summed E-state index contributed by atoms with van der Waals surface area (Å²) in [5.74, 6) is 2.69. The molecule has 2 fully saturated rings. The van der Waals surface area contributed by atoms with E-state index in [1.165, 1.54) is 54.5 Å². The molecule has 2 heterocycles. The third-order valence-electron chi connectivity index (χ3n) is 5.16. The van der Waals surface area contributed by atoms with Crippen molar-refractivity contribution in [1.82, 2.24) is 14.9 Å². The van der Waals surface area contributed by atoms with Crippen LogP contribution in [0.15, 0.2) is 18.2 Å². The maximum Gasteiger partial charge on any atom is 0.112 e. The van der Waals surface area contributed by atoms with E-state index in [0.717, 1.165) is 13.1 Å². The van der Waals surface area contributed by atoms with Gasteiger partial charge in [0.05, 0.1) is 11.0 Å². The Balaban J connectivity index is 1.73. The van der Waals surface area contributed by atoms with E-state index < -0.39 is 0 Å². The Bertz CT molecular complexity index is 618. The van der Waals surface area contributed by atoms with Crippen LogP contribution >= 0.6 is 0 Å². The summed E-state index contributed by atoms with van der Waals surface area (Å²) in [6.07, 6.45) is 6.77. The molecular formula is C17H23N3. The maximum atomic E-state index is 4.93. The second-order valence-electron chi connectivity index (χ2n) is 6.47. The first-order valence-corrected chi connectivity index (χ1v) is 8.00. The van der Waals surface area contributed by atoms with Crippen LogP contribution in [0, 0.1) is 0 Å². The Kier molecular flexibility index (Phi) is 3.03. The van der Waals surface area contributed by atoms with E-state index in [9.17, 15) is 0 Å². The standard InChI is InChI=1S/C17H23N3/c1-20-16-9-13(14-10-18-11-14)7-8-15(16)19-17(20)12-5-3-2-4-6-12/h7-9,12,14,18H,2-6,10-11H2,1H3. The smallest absolute Gasteiger partial charge is 0.112 e. The average molecular weight is 269 g/mol. The fraction of sp³-hybridized carbons (Fsp3) is 0.588. The number of nitrogens with one attached hydrogen (secondary N) is 1. The highest BCUT2D eigenvalue weighted by atomic mass is 15.1. The zero-order valence-electron chi connectivity index (χ0n) is 12.2. The molecule has 106 valence electrons. The molecule has 0 bridgehead atoms. The zero-order chi connectivity index (χ0) is 13.5. The zero-order valence-corrected chi connectivity index (χ0v) is 12.2. The molecule has 1 saturated heterocycles. The van der Waals surface area contributed by atoms with Crippen LogP contribution in [-0.2, 0) is 7.05 Å². The molecule has 20 heavy (non-hydrogen) atoms. The second kappa shape index (κ2) is 4.88. The first-order chi connectivity index (χ1) is 9.83. The van der Waals surface area contributed by atoms with E-state index in [1.807, 2.05) is 0 Å². The third kappa shape index (κ3) is 1.96. The summed E-state index contributed by atoms with van der Waals surface area (Å²) in [5.41, 5.74) is 3.95. The highest BCUT2D eigenvalue weighted by molar-refractivity contribution is 5.77. The van der Waals surface area contributed by atoms with Crippen LogP contribution in [-0.4, -0.2) is 22.6 Å². The molecule has 0 unspecified atom stereocenters. The number of aromatic nitrogens is 2.